The summed E-state index contributed by atoms with van der Waals surface area (Å²) in [6, 6.07) is 1.80. The number of aromatic nitrogens is 2. The highest BCUT2D eigenvalue weighted by atomic mass is 16.4. The van der Waals surface area contributed by atoms with E-state index in [0.717, 1.165) is 0 Å². The van der Waals surface area contributed by atoms with Gasteiger partial charge in [0, 0.05) is 38.4 Å². The summed E-state index contributed by atoms with van der Waals surface area (Å²) in [7, 11) is 0. The Balaban J connectivity index is 2.44. The molecular formula is C12H19N3O3. The van der Waals surface area contributed by atoms with Crippen molar-refractivity contribution in [3.8, 4) is 0 Å². The Morgan fingerprint density at radius 2 is 2.22 bits per heavy atom. The zero-order valence-electron chi connectivity index (χ0n) is 10.7. The molecule has 100 valence electrons. The summed E-state index contributed by atoms with van der Waals surface area (Å²) < 4.78 is 1.69. The molecule has 6 heteroatoms. The third kappa shape index (κ3) is 4.20. The smallest absolute Gasteiger partial charge is 0.308 e. The second kappa shape index (κ2) is 6.78. The predicted molar refractivity (Wildman–Crippen MR) is 65.9 cm³/mol. The van der Waals surface area contributed by atoms with Crippen LogP contribution in [-0.4, -0.2) is 44.8 Å². The molecule has 0 aliphatic carbocycles. The normalized spacial score (nSPS) is 12.1. The number of nitrogens with zero attached hydrogens (tertiary/aromatic N) is 3. The van der Waals surface area contributed by atoms with Gasteiger partial charge in [0.05, 0.1) is 5.92 Å². The molecule has 0 aliphatic heterocycles. The largest absolute Gasteiger partial charge is 0.481 e. The van der Waals surface area contributed by atoms with E-state index in [1.54, 1.807) is 35.0 Å². The first-order chi connectivity index (χ1) is 8.54. The number of rotatable bonds is 7. The van der Waals surface area contributed by atoms with E-state index < -0.39 is 11.9 Å². The molecule has 0 saturated heterocycles. The first-order valence-corrected chi connectivity index (χ1v) is 6.02. The van der Waals surface area contributed by atoms with E-state index in [9.17, 15) is 9.59 Å². The van der Waals surface area contributed by atoms with Crippen LogP contribution in [0, 0.1) is 5.92 Å². The number of amides is 1. The van der Waals surface area contributed by atoms with Crippen molar-refractivity contribution in [3.63, 3.8) is 0 Å². The van der Waals surface area contributed by atoms with Crippen molar-refractivity contribution in [2.24, 2.45) is 5.92 Å². The van der Waals surface area contributed by atoms with Gasteiger partial charge in [-0.05, 0) is 13.0 Å². The number of carboxylic acids is 1. The molecule has 1 unspecified atom stereocenters. The van der Waals surface area contributed by atoms with E-state index in [0.29, 0.717) is 19.5 Å². The van der Waals surface area contributed by atoms with Gasteiger partial charge in [0.2, 0.25) is 5.91 Å². The summed E-state index contributed by atoms with van der Waals surface area (Å²) >= 11 is 0. The molecule has 1 atom stereocenters. The van der Waals surface area contributed by atoms with Gasteiger partial charge in [-0.1, -0.05) is 6.92 Å². The number of carbonyl (C=O) groups is 2. The first kappa shape index (κ1) is 14.2. The Hall–Kier alpha value is -1.85. The van der Waals surface area contributed by atoms with Crippen molar-refractivity contribution in [2.45, 2.75) is 26.8 Å². The molecule has 0 aromatic carbocycles. The van der Waals surface area contributed by atoms with Crippen molar-refractivity contribution < 1.29 is 14.7 Å². The SMILES string of the molecule is CCN(CC(C)C(=O)O)C(=O)CCn1cccn1. The zero-order chi connectivity index (χ0) is 13.5. The van der Waals surface area contributed by atoms with E-state index in [4.69, 9.17) is 5.11 Å². The lowest BCUT2D eigenvalue weighted by molar-refractivity contribution is -0.143. The molecule has 1 aromatic heterocycles. The molecule has 0 spiro atoms. The molecule has 0 fully saturated rings. The summed E-state index contributed by atoms with van der Waals surface area (Å²) in [5.41, 5.74) is 0. The fraction of sp³-hybridized carbons (Fsp3) is 0.583. The minimum Gasteiger partial charge on any atom is -0.481 e. The van der Waals surface area contributed by atoms with Crippen LogP contribution in [0.1, 0.15) is 20.3 Å². The predicted octanol–water partition coefficient (Wildman–Crippen LogP) is 0.842. The molecule has 0 bridgehead atoms. The lowest BCUT2D eigenvalue weighted by atomic mass is 10.1. The van der Waals surface area contributed by atoms with Crippen molar-refractivity contribution >= 4 is 11.9 Å². The maximum Gasteiger partial charge on any atom is 0.308 e. The van der Waals surface area contributed by atoms with Crippen LogP contribution in [-0.2, 0) is 16.1 Å². The summed E-state index contributed by atoms with van der Waals surface area (Å²) in [6.45, 7) is 4.75. The van der Waals surface area contributed by atoms with Gasteiger partial charge in [-0.15, -0.1) is 0 Å². The van der Waals surface area contributed by atoms with Gasteiger partial charge in [-0.3, -0.25) is 14.3 Å². The number of aryl methyl sites for hydroxylation is 1. The molecule has 0 saturated carbocycles. The molecule has 1 heterocycles. The van der Waals surface area contributed by atoms with Gasteiger partial charge in [0.25, 0.3) is 0 Å². The Bertz CT molecular complexity index is 389. The maximum absolute atomic E-state index is 11.9. The summed E-state index contributed by atoms with van der Waals surface area (Å²) in [4.78, 5) is 24.3. The van der Waals surface area contributed by atoms with Crippen LogP contribution in [0.2, 0.25) is 0 Å². The third-order valence-electron chi connectivity index (χ3n) is 2.76. The summed E-state index contributed by atoms with van der Waals surface area (Å²) in [5.74, 6) is -1.46. The minimum atomic E-state index is -0.881. The van der Waals surface area contributed by atoms with Crippen molar-refractivity contribution in [1.82, 2.24) is 14.7 Å². The second-order valence-corrected chi connectivity index (χ2v) is 4.19. The minimum absolute atomic E-state index is 0.0406. The Morgan fingerprint density at radius 1 is 1.50 bits per heavy atom. The van der Waals surface area contributed by atoms with Crippen molar-refractivity contribution in [3.05, 3.63) is 18.5 Å². The molecule has 1 amide bonds. The van der Waals surface area contributed by atoms with Crippen molar-refractivity contribution in [1.29, 1.82) is 0 Å². The lowest BCUT2D eigenvalue weighted by Crippen LogP contribution is -2.37. The summed E-state index contributed by atoms with van der Waals surface area (Å²) in [5, 5.41) is 12.9. The fourth-order valence-electron chi connectivity index (χ4n) is 1.62. The molecule has 1 rings (SSSR count). The van der Waals surface area contributed by atoms with Gasteiger partial charge in [0.15, 0.2) is 0 Å². The topological polar surface area (TPSA) is 75.4 Å². The van der Waals surface area contributed by atoms with Crippen LogP contribution < -0.4 is 0 Å². The van der Waals surface area contributed by atoms with Crippen molar-refractivity contribution in [2.75, 3.05) is 13.1 Å². The van der Waals surface area contributed by atoms with Crippen LogP contribution >= 0.6 is 0 Å². The number of carbonyl (C=O) groups excluding carboxylic acids is 1. The molecule has 6 nitrogen and oxygen atoms in total. The molecule has 18 heavy (non-hydrogen) atoms. The molecule has 0 aliphatic rings. The van der Waals surface area contributed by atoms with Gasteiger partial charge >= 0.3 is 5.97 Å². The second-order valence-electron chi connectivity index (χ2n) is 4.19. The van der Waals surface area contributed by atoms with Gasteiger partial charge < -0.3 is 10.0 Å². The lowest BCUT2D eigenvalue weighted by Gasteiger charge is -2.22. The Kier molecular flexibility index (Phi) is 5.35. The number of hydrogen-bond donors (Lipinski definition) is 1. The van der Waals surface area contributed by atoms with E-state index >= 15 is 0 Å². The average molecular weight is 253 g/mol. The standard InChI is InChI=1S/C12H19N3O3/c1-3-14(9-10(2)12(17)18)11(16)5-8-15-7-4-6-13-15/h4,6-7,10H,3,5,8-9H2,1-2H3,(H,17,18). The Morgan fingerprint density at radius 3 is 2.72 bits per heavy atom. The first-order valence-electron chi connectivity index (χ1n) is 6.02. The van der Waals surface area contributed by atoms with Crippen LogP contribution in [0.25, 0.3) is 0 Å². The third-order valence-corrected chi connectivity index (χ3v) is 2.76. The van der Waals surface area contributed by atoms with Crippen LogP contribution in [0.15, 0.2) is 18.5 Å². The van der Waals surface area contributed by atoms with E-state index in [1.165, 1.54) is 0 Å². The molecule has 1 N–H and O–H groups in total. The average Bonchev–Trinajstić information content (AvgIpc) is 2.85. The highest BCUT2D eigenvalue weighted by Crippen LogP contribution is 2.03. The van der Waals surface area contributed by atoms with Gasteiger partial charge in [-0.2, -0.15) is 5.10 Å². The van der Waals surface area contributed by atoms with E-state index in [1.807, 2.05) is 6.92 Å². The monoisotopic (exact) mass is 253 g/mol. The number of carboxylic acid groups (broad SMARTS) is 1. The fourth-order valence-corrected chi connectivity index (χ4v) is 1.62. The van der Waals surface area contributed by atoms with Gasteiger partial charge in [-0.25, -0.2) is 0 Å². The quantitative estimate of drug-likeness (QED) is 0.781. The summed E-state index contributed by atoms with van der Waals surface area (Å²) in [6.07, 6.45) is 3.79. The highest BCUT2D eigenvalue weighted by Gasteiger charge is 2.18. The maximum atomic E-state index is 11.9. The van der Waals surface area contributed by atoms with Crippen LogP contribution in [0.3, 0.4) is 0 Å². The molecule has 1 aromatic rings. The van der Waals surface area contributed by atoms with Crippen LogP contribution in [0.4, 0.5) is 0 Å². The van der Waals surface area contributed by atoms with E-state index in [2.05, 4.69) is 5.10 Å². The van der Waals surface area contributed by atoms with E-state index in [-0.39, 0.29) is 12.5 Å². The zero-order valence-corrected chi connectivity index (χ0v) is 10.7. The Labute approximate surface area is 106 Å². The molecule has 0 radical (unpaired) electrons. The highest BCUT2D eigenvalue weighted by molar-refractivity contribution is 5.77. The molecular weight excluding hydrogens is 234 g/mol. The number of hydrogen-bond acceptors (Lipinski definition) is 3. The van der Waals surface area contributed by atoms with Gasteiger partial charge in [0.1, 0.15) is 0 Å². The number of aliphatic carboxylic acids is 1. The van der Waals surface area contributed by atoms with Crippen LogP contribution in [0.5, 0.6) is 0 Å².